The maximum Gasteiger partial charge on any atom is 0.338 e. The summed E-state index contributed by atoms with van der Waals surface area (Å²) in [7, 11) is 0. The number of hydrogen-bond acceptors (Lipinski definition) is 6. The zero-order valence-corrected chi connectivity index (χ0v) is 13.6. The van der Waals surface area contributed by atoms with Gasteiger partial charge in [0.2, 0.25) is 5.89 Å². The first-order chi connectivity index (χ1) is 12.1. The Morgan fingerprint density at radius 3 is 2.64 bits per heavy atom. The largest absolute Gasteiger partial charge is 0.452 e. The molecule has 3 aromatic rings. The van der Waals surface area contributed by atoms with Crippen LogP contribution < -0.4 is 5.32 Å². The summed E-state index contributed by atoms with van der Waals surface area (Å²) in [5, 5.41) is 10.3. The number of anilines is 1. The van der Waals surface area contributed by atoms with Crippen molar-refractivity contribution < 1.29 is 18.7 Å². The normalized spacial score (nSPS) is 10.3. The fraction of sp³-hybridized carbons (Fsp3) is 0.0588. The van der Waals surface area contributed by atoms with Gasteiger partial charge in [-0.1, -0.05) is 41.0 Å². The van der Waals surface area contributed by atoms with Gasteiger partial charge in [0, 0.05) is 10.6 Å². The van der Waals surface area contributed by atoms with Gasteiger partial charge in [-0.2, -0.15) is 0 Å². The number of rotatable bonds is 5. The molecule has 8 heteroatoms. The third kappa shape index (κ3) is 4.42. The fourth-order valence-electron chi connectivity index (χ4n) is 1.96. The van der Waals surface area contributed by atoms with Crippen molar-refractivity contribution in [2.45, 2.75) is 0 Å². The number of amides is 1. The van der Waals surface area contributed by atoms with E-state index in [0.29, 0.717) is 5.02 Å². The molecule has 0 atom stereocenters. The van der Waals surface area contributed by atoms with E-state index in [-0.39, 0.29) is 17.5 Å². The van der Waals surface area contributed by atoms with Gasteiger partial charge in [-0.25, -0.2) is 4.79 Å². The number of nitrogens with zero attached hydrogens (tertiary/aromatic N) is 2. The summed E-state index contributed by atoms with van der Waals surface area (Å²) in [6.07, 6.45) is 0. The van der Waals surface area contributed by atoms with Gasteiger partial charge in [-0.05, 0) is 30.3 Å². The fourth-order valence-corrected chi connectivity index (χ4v) is 2.15. The molecule has 1 heterocycles. The van der Waals surface area contributed by atoms with Gasteiger partial charge in [0.1, 0.15) is 0 Å². The molecule has 0 fully saturated rings. The smallest absolute Gasteiger partial charge is 0.338 e. The minimum absolute atomic E-state index is 0.0809. The quantitative estimate of drug-likeness (QED) is 0.705. The van der Waals surface area contributed by atoms with E-state index in [1.54, 1.807) is 24.3 Å². The first-order valence-electron chi connectivity index (χ1n) is 7.23. The monoisotopic (exact) mass is 357 g/mol. The second kappa shape index (κ2) is 7.59. The average molecular weight is 358 g/mol. The van der Waals surface area contributed by atoms with Crippen LogP contribution in [0.5, 0.6) is 0 Å². The Morgan fingerprint density at radius 2 is 1.88 bits per heavy atom. The van der Waals surface area contributed by atoms with E-state index in [1.165, 1.54) is 12.1 Å². The van der Waals surface area contributed by atoms with Gasteiger partial charge >= 0.3 is 12.0 Å². The Labute approximate surface area is 147 Å². The van der Waals surface area contributed by atoms with Crippen LogP contribution in [0.1, 0.15) is 10.4 Å². The Kier molecular flexibility index (Phi) is 5.06. The number of carbonyl (C=O) groups is 2. The minimum atomic E-state index is -0.659. The van der Waals surface area contributed by atoms with E-state index in [1.807, 2.05) is 18.2 Å². The van der Waals surface area contributed by atoms with E-state index < -0.39 is 18.5 Å². The van der Waals surface area contributed by atoms with Gasteiger partial charge in [0.05, 0.1) is 5.56 Å². The molecule has 0 spiro atoms. The van der Waals surface area contributed by atoms with Gasteiger partial charge in [-0.3, -0.25) is 10.1 Å². The summed E-state index contributed by atoms with van der Waals surface area (Å²) in [6.45, 7) is -0.492. The molecule has 1 aromatic heterocycles. The van der Waals surface area contributed by atoms with Crippen molar-refractivity contribution in [3.05, 3.63) is 65.2 Å². The number of esters is 1. The maximum atomic E-state index is 11.8. The lowest BCUT2D eigenvalue weighted by atomic mass is 10.2. The molecule has 0 aliphatic rings. The summed E-state index contributed by atoms with van der Waals surface area (Å²) in [6, 6.07) is 15.3. The summed E-state index contributed by atoms with van der Waals surface area (Å²) in [5.41, 5.74) is 0.979. The molecule has 25 heavy (non-hydrogen) atoms. The molecule has 0 unspecified atom stereocenters. The summed E-state index contributed by atoms with van der Waals surface area (Å²) in [4.78, 5) is 23.6. The van der Waals surface area contributed by atoms with Crippen molar-refractivity contribution in [2.24, 2.45) is 0 Å². The highest BCUT2D eigenvalue weighted by Gasteiger charge is 2.14. The Balaban J connectivity index is 1.55. The Bertz CT molecular complexity index is 896. The van der Waals surface area contributed by atoms with Crippen LogP contribution in [-0.4, -0.2) is 28.7 Å². The molecule has 3 rings (SSSR count). The molecule has 126 valence electrons. The van der Waals surface area contributed by atoms with E-state index in [9.17, 15) is 9.59 Å². The van der Waals surface area contributed by atoms with Crippen LogP contribution in [0.4, 0.5) is 6.01 Å². The van der Waals surface area contributed by atoms with Crippen molar-refractivity contribution >= 4 is 29.5 Å². The number of ether oxygens (including phenoxy) is 1. The van der Waals surface area contributed by atoms with E-state index in [0.717, 1.165) is 5.56 Å². The first kappa shape index (κ1) is 16.7. The maximum absolute atomic E-state index is 11.8. The molecular formula is C17H12ClN3O4. The predicted molar refractivity (Wildman–Crippen MR) is 90.1 cm³/mol. The number of nitrogens with one attached hydrogen (secondary N) is 1. The molecule has 1 N–H and O–H groups in total. The molecule has 1 amide bonds. The van der Waals surface area contributed by atoms with Crippen LogP contribution in [0.2, 0.25) is 5.02 Å². The molecule has 0 aliphatic heterocycles. The second-order valence-electron chi connectivity index (χ2n) is 4.91. The third-order valence-electron chi connectivity index (χ3n) is 3.09. The van der Waals surface area contributed by atoms with Gasteiger partial charge < -0.3 is 9.15 Å². The summed E-state index contributed by atoms with van der Waals surface area (Å²) < 4.78 is 10.2. The second-order valence-corrected chi connectivity index (χ2v) is 5.35. The lowest BCUT2D eigenvalue weighted by Gasteiger charge is -2.04. The molecule has 0 bridgehead atoms. The van der Waals surface area contributed by atoms with Gasteiger partial charge in [0.25, 0.3) is 5.91 Å². The van der Waals surface area contributed by atoms with Crippen LogP contribution in [0.3, 0.4) is 0 Å². The molecule has 0 radical (unpaired) electrons. The number of aromatic nitrogens is 2. The van der Waals surface area contributed by atoms with Crippen molar-refractivity contribution in [3.8, 4) is 11.5 Å². The zero-order chi connectivity index (χ0) is 17.6. The molecular weight excluding hydrogens is 346 g/mol. The molecule has 7 nitrogen and oxygen atoms in total. The Morgan fingerprint density at radius 1 is 1.08 bits per heavy atom. The van der Waals surface area contributed by atoms with Crippen molar-refractivity contribution in [1.29, 1.82) is 0 Å². The van der Waals surface area contributed by atoms with Crippen LogP contribution in [-0.2, 0) is 9.53 Å². The molecule has 0 saturated carbocycles. The molecule has 0 aliphatic carbocycles. The predicted octanol–water partition coefficient (Wildman–Crippen LogP) is 3.19. The number of carbonyl (C=O) groups excluding carboxylic acids is 2. The molecule has 2 aromatic carbocycles. The van der Waals surface area contributed by atoms with Crippen molar-refractivity contribution in [3.63, 3.8) is 0 Å². The SMILES string of the molecule is O=C(COC(=O)c1cccc(Cl)c1)Nc1nnc(-c2ccccc2)o1. The van der Waals surface area contributed by atoms with Gasteiger partial charge in [0.15, 0.2) is 6.61 Å². The van der Waals surface area contributed by atoms with Gasteiger partial charge in [-0.15, -0.1) is 5.10 Å². The minimum Gasteiger partial charge on any atom is -0.452 e. The molecule has 0 saturated heterocycles. The number of benzene rings is 2. The lowest BCUT2D eigenvalue weighted by molar-refractivity contribution is -0.119. The summed E-state index contributed by atoms with van der Waals surface area (Å²) >= 11 is 5.80. The van der Waals surface area contributed by atoms with Crippen molar-refractivity contribution in [2.75, 3.05) is 11.9 Å². The number of halogens is 1. The first-order valence-corrected chi connectivity index (χ1v) is 7.61. The third-order valence-corrected chi connectivity index (χ3v) is 3.32. The van der Waals surface area contributed by atoms with Crippen LogP contribution in [0.25, 0.3) is 11.5 Å². The van der Waals surface area contributed by atoms with Crippen molar-refractivity contribution in [1.82, 2.24) is 10.2 Å². The zero-order valence-electron chi connectivity index (χ0n) is 12.8. The summed E-state index contributed by atoms with van der Waals surface area (Å²) in [5.74, 6) is -0.987. The van der Waals surface area contributed by atoms with Crippen LogP contribution in [0.15, 0.2) is 59.0 Å². The highest BCUT2D eigenvalue weighted by atomic mass is 35.5. The van der Waals surface area contributed by atoms with Crippen LogP contribution >= 0.6 is 11.6 Å². The average Bonchev–Trinajstić information content (AvgIpc) is 3.09. The van der Waals surface area contributed by atoms with Crippen LogP contribution in [0, 0.1) is 0 Å². The lowest BCUT2D eigenvalue weighted by Crippen LogP contribution is -2.21. The van der Waals surface area contributed by atoms with E-state index >= 15 is 0 Å². The highest BCUT2D eigenvalue weighted by Crippen LogP contribution is 2.19. The highest BCUT2D eigenvalue weighted by molar-refractivity contribution is 6.30. The topological polar surface area (TPSA) is 94.3 Å². The standard InChI is InChI=1S/C17H12ClN3O4/c18-13-8-4-7-12(9-13)16(23)24-10-14(22)19-17-21-20-15(25-17)11-5-2-1-3-6-11/h1-9H,10H2,(H,19,21,22). The Hall–Kier alpha value is -3.19. The van der Waals surface area contributed by atoms with E-state index in [2.05, 4.69) is 15.5 Å². The van der Waals surface area contributed by atoms with E-state index in [4.69, 9.17) is 20.8 Å². The number of hydrogen-bond donors (Lipinski definition) is 1.